The van der Waals surface area contributed by atoms with Crippen molar-refractivity contribution in [2.75, 3.05) is 25.2 Å². The van der Waals surface area contributed by atoms with Crippen molar-refractivity contribution in [3.63, 3.8) is 0 Å². The van der Waals surface area contributed by atoms with Crippen LogP contribution in [-0.4, -0.2) is 52.8 Å². The quantitative estimate of drug-likeness (QED) is 0.500. The minimum absolute atomic E-state index is 0. The Balaban J connectivity index is 0.00000280. The van der Waals surface area contributed by atoms with Crippen LogP contribution >= 0.6 is 22.9 Å². The molecule has 1 atom stereocenters. The van der Waals surface area contributed by atoms with Crippen LogP contribution in [0.3, 0.4) is 0 Å². The fraction of sp³-hybridized carbons (Fsp3) is 0.529. The van der Waals surface area contributed by atoms with Gasteiger partial charge in [0.05, 0.1) is 27.8 Å². The Morgan fingerprint density at radius 1 is 1.39 bits per heavy atom. The number of hydrogen-bond acceptors (Lipinski definition) is 9. The van der Waals surface area contributed by atoms with Gasteiger partial charge in [-0.05, 0) is 38.8 Å². The number of carbonyl (C=O) groups excluding carboxylic acids is 1. The van der Waals surface area contributed by atoms with E-state index in [-0.39, 0.29) is 41.6 Å². The standard InChI is InChI=1S/C17H21ClN4O4S.Na/c1-17(2,14(23)24)26-16-20-13(11-6-7-12(18)27-11)19-15(21-16)22-8-4-5-10(22)9-25-3;/h6-7,10H,4-5,8-9H2,1-3H3,(H,23,24);/q;+1/p-1/t10-;/m0./s1. The Bertz CT molecular complexity index is 835. The van der Waals surface area contributed by atoms with Gasteiger partial charge in [0, 0.05) is 13.7 Å². The Morgan fingerprint density at radius 3 is 2.75 bits per heavy atom. The molecule has 11 heteroatoms. The van der Waals surface area contributed by atoms with Crippen LogP contribution in [0.5, 0.6) is 6.01 Å². The van der Waals surface area contributed by atoms with Gasteiger partial charge in [-0.15, -0.1) is 11.3 Å². The van der Waals surface area contributed by atoms with Gasteiger partial charge >= 0.3 is 35.6 Å². The van der Waals surface area contributed by atoms with Crippen molar-refractivity contribution < 1.29 is 48.9 Å². The first kappa shape index (κ1) is 23.3. The molecular formula is C17H20ClN4NaO4S. The number of methoxy groups -OCH3 is 1. The molecule has 0 aliphatic carbocycles. The van der Waals surface area contributed by atoms with E-state index in [0.29, 0.717) is 22.7 Å². The van der Waals surface area contributed by atoms with Crippen LogP contribution in [0, 0.1) is 0 Å². The Morgan fingerprint density at radius 2 is 2.14 bits per heavy atom. The maximum absolute atomic E-state index is 11.3. The van der Waals surface area contributed by atoms with Gasteiger partial charge < -0.3 is 24.3 Å². The molecule has 0 radical (unpaired) electrons. The van der Waals surface area contributed by atoms with E-state index in [4.69, 9.17) is 21.1 Å². The van der Waals surface area contributed by atoms with E-state index in [9.17, 15) is 9.90 Å². The number of carboxylic acids is 1. The number of nitrogens with zero attached hydrogens (tertiary/aromatic N) is 4. The van der Waals surface area contributed by atoms with E-state index in [2.05, 4.69) is 15.0 Å². The zero-order chi connectivity index (χ0) is 19.6. The first-order valence-corrected chi connectivity index (χ1v) is 9.67. The molecule has 0 spiro atoms. The summed E-state index contributed by atoms with van der Waals surface area (Å²) in [6.45, 7) is 4.09. The second-order valence-electron chi connectivity index (χ2n) is 6.69. The molecule has 3 heterocycles. The van der Waals surface area contributed by atoms with Crippen molar-refractivity contribution in [2.45, 2.75) is 38.3 Å². The van der Waals surface area contributed by atoms with Gasteiger partial charge in [0.15, 0.2) is 5.82 Å². The summed E-state index contributed by atoms with van der Waals surface area (Å²) < 4.78 is 11.4. The second kappa shape index (κ2) is 9.69. The first-order chi connectivity index (χ1) is 12.8. The van der Waals surface area contributed by atoms with E-state index >= 15 is 0 Å². The van der Waals surface area contributed by atoms with E-state index in [1.165, 1.54) is 25.2 Å². The maximum atomic E-state index is 11.3. The molecule has 1 aliphatic rings. The largest absolute Gasteiger partial charge is 1.00 e. The minimum Gasteiger partial charge on any atom is -0.546 e. The van der Waals surface area contributed by atoms with Crippen molar-refractivity contribution in [1.82, 2.24) is 15.0 Å². The number of thiophene rings is 1. The van der Waals surface area contributed by atoms with E-state index in [0.717, 1.165) is 24.3 Å². The summed E-state index contributed by atoms with van der Waals surface area (Å²) in [5.74, 6) is -0.555. The zero-order valence-electron chi connectivity index (χ0n) is 16.3. The molecule has 28 heavy (non-hydrogen) atoms. The fourth-order valence-electron chi connectivity index (χ4n) is 2.80. The third-order valence-electron chi connectivity index (χ3n) is 4.23. The minimum atomic E-state index is -1.58. The van der Waals surface area contributed by atoms with Crippen LogP contribution in [0.25, 0.3) is 10.7 Å². The van der Waals surface area contributed by atoms with Crippen LogP contribution in [-0.2, 0) is 9.53 Å². The molecule has 0 aromatic carbocycles. The first-order valence-electron chi connectivity index (χ1n) is 8.48. The van der Waals surface area contributed by atoms with Crippen molar-refractivity contribution in [1.29, 1.82) is 0 Å². The number of halogens is 1. The number of hydrogen-bond donors (Lipinski definition) is 0. The van der Waals surface area contributed by atoms with E-state index in [1.807, 2.05) is 4.90 Å². The molecule has 0 saturated carbocycles. The Labute approximate surface area is 194 Å². The predicted molar refractivity (Wildman–Crippen MR) is 100 cm³/mol. The number of ether oxygens (including phenoxy) is 2. The molecule has 0 amide bonds. The molecule has 3 rings (SSSR count). The SMILES string of the molecule is COC[C@@H]1CCCN1c1nc(OC(C)(C)C(=O)[O-])nc(-c2ccc(Cl)s2)n1.[Na+]. The van der Waals surface area contributed by atoms with Gasteiger partial charge in [-0.2, -0.15) is 15.0 Å². The monoisotopic (exact) mass is 434 g/mol. The van der Waals surface area contributed by atoms with E-state index < -0.39 is 11.6 Å². The summed E-state index contributed by atoms with van der Waals surface area (Å²) in [5.41, 5.74) is -1.58. The molecule has 1 saturated heterocycles. The number of rotatable bonds is 7. The molecule has 1 aliphatic heterocycles. The average Bonchev–Trinajstić information content (AvgIpc) is 3.23. The zero-order valence-corrected chi connectivity index (χ0v) is 19.8. The molecular weight excluding hydrogens is 415 g/mol. The molecule has 2 aromatic rings. The van der Waals surface area contributed by atoms with Crippen LogP contribution in [0.1, 0.15) is 26.7 Å². The fourth-order valence-corrected chi connectivity index (χ4v) is 3.78. The number of aromatic nitrogens is 3. The summed E-state index contributed by atoms with van der Waals surface area (Å²) in [6.07, 6.45) is 1.95. The molecule has 0 N–H and O–H groups in total. The average molecular weight is 435 g/mol. The predicted octanol–water partition coefficient (Wildman–Crippen LogP) is -1.22. The maximum Gasteiger partial charge on any atom is 1.00 e. The number of carbonyl (C=O) groups is 1. The molecule has 2 aromatic heterocycles. The molecule has 0 unspecified atom stereocenters. The third-order valence-corrected chi connectivity index (χ3v) is 5.45. The van der Waals surface area contributed by atoms with Gasteiger partial charge in [-0.3, -0.25) is 0 Å². The van der Waals surface area contributed by atoms with Crippen LogP contribution in [0.2, 0.25) is 4.34 Å². The summed E-state index contributed by atoms with van der Waals surface area (Å²) >= 11 is 7.35. The Kier molecular flexibility index (Phi) is 8.06. The normalized spacial score (nSPS) is 16.7. The number of anilines is 1. The number of carboxylic acid groups (broad SMARTS) is 1. The second-order valence-corrected chi connectivity index (χ2v) is 8.41. The van der Waals surface area contributed by atoms with Crippen LogP contribution in [0.4, 0.5) is 5.95 Å². The van der Waals surface area contributed by atoms with Gasteiger partial charge in [-0.25, -0.2) is 0 Å². The van der Waals surface area contributed by atoms with Crippen molar-refractivity contribution in [3.05, 3.63) is 16.5 Å². The van der Waals surface area contributed by atoms with Crippen LogP contribution in [0.15, 0.2) is 12.1 Å². The molecule has 8 nitrogen and oxygen atoms in total. The topological polar surface area (TPSA) is 100 Å². The summed E-state index contributed by atoms with van der Waals surface area (Å²) in [5, 5.41) is 11.3. The van der Waals surface area contributed by atoms with Crippen molar-refractivity contribution in [2.24, 2.45) is 0 Å². The number of aliphatic carboxylic acids is 1. The van der Waals surface area contributed by atoms with Crippen LogP contribution < -0.4 is 44.3 Å². The summed E-state index contributed by atoms with van der Waals surface area (Å²) in [4.78, 5) is 27.3. The summed E-state index contributed by atoms with van der Waals surface area (Å²) in [7, 11) is 1.65. The molecule has 0 bridgehead atoms. The molecule has 146 valence electrons. The van der Waals surface area contributed by atoms with Crippen molar-refractivity contribution in [3.8, 4) is 16.7 Å². The van der Waals surface area contributed by atoms with Gasteiger partial charge in [0.2, 0.25) is 5.95 Å². The summed E-state index contributed by atoms with van der Waals surface area (Å²) in [6, 6.07) is 3.62. The Hall–Kier alpha value is -0.970. The third kappa shape index (κ3) is 5.34. The van der Waals surface area contributed by atoms with Gasteiger partial charge in [0.1, 0.15) is 5.60 Å². The van der Waals surface area contributed by atoms with Gasteiger partial charge in [0.25, 0.3) is 0 Å². The van der Waals surface area contributed by atoms with Crippen molar-refractivity contribution >= 4 is 34.9 Å². The van der Waals surface area contributed by atoms with Gasteiger partial charge in [-0.1, -0.05) is 11.6 Å². The van der Waals surface area contributed by atoms with E-state index in [1.54, 1.807) is 19.2 Å². The molecule has 1 fully saturated rings. The smallest absolute Gasteiger partial charge is 0.546 e.